The number of aromatic nitrogens is 4. The molecule has 3 aromatic heterocycles. The van der Waals surface area contributed by atoms with Gasteiger partial charge >= 0.3 is 6.18 Å². The molecule has 0 spiro atoms. The lowest BCUT2D eigenvalue weighted by molar-refractivity contribution is -0.139. The van der Waals surface area contributed by atoms with Crippen molar-refractivity contribution in [2.45, 2.75) is 25.8 Å². The third kappa shape index (κ3) is 4.49. The van der Waals surface area contributed by atoms with E-state index in [2.05, 4.69) is 20.3 Å². The zero-order valence-corrected chi connectivity index (χ0v) is 17.7. The number of benzene rings is 1. The Balaban J connectivity index is 2.03. The van der Waals surface area contributed by atoms with Gasteiger partial charge in [-0.05, 0) is 23.8 Å². The SMILES string of the molecule is CC(=O)Nc1cccnc1-c1nc2ccnc(C(F)(F)F)c2c(=O)n1C(F)Cc1ccccc1. The first-order chi connectivity index (χ1) is 16.2. The van der Waals surface area contributed by atoms with Gasteiger partial charge < -0.3 is 5.32 Å². The average molecular weight is 471 g/mol. The number of hydrogen-bond donors (Lipinski definition) is 1. The molecule has 0 saturated carbocycles. The molecule has 174 valence electrons. The van der Waals surface area contributed by atoms with Crippen molar-refractivity contribution < 1.29 is 22.4 Å². The third-order valence-electron chi connectivity index (χ3n) is 4.94. The summed E-state index contributed by atoms with van der Waals surface area (Å²) in [5, 5.41) is 1.66. The Labute approximate surface area is 190 Å². The van der Waals surface area contributed by atoms with Gasteiger partial charge in [0.1, 0.15) is 5.69 Å². The van der Waals surface area contributed by atoms with Crippen LogP contribution >= 0.6 is 0 Å². The van der Waals surface area contributed by atoms with Crippen LogP contribution < -0.4 is 10.9 Å². The van der Waals surface area contributed by atoms with Crippen molar-refractivity contribution in [3.8, 4) is 11.5 Å². The third-order valence-corrected chi connectivity index (χ3v) is 4.94. The Morgan fingerprint density at radius 3 is 2.47 bits per heavy atom. The number of fused-ring (bicyclic) bond motifs is 1. The second-order valence-corrected chi connectivity index (χ2v) is 7.37. The minimum Gasteiger partial charge on any atom is -0.324 e. The lowest BCUT2D eigenvalue weighted by Crippen LogP contribution is -2.29. The van der Waals surface area contributed by atoms with Crippen LogP contribution in [0.3, 0.4) is 0 Å². The molecular formula is C23H17F4N5O2. The lowest BCUT2D eigenvalue weighted by Gasteiger charge is -2.19. The van der Waals surface area contributed by atoms with Gasteiger partial charge in [-0.15, -0.1) is 0 Å². The Morgan fingerprint density at radius 1 is 1.06 bits per heavy atom. The van der Waals surface area contributed by atoms with Crippen molar-refractivity contribution in [3.05, 3.63) is 82.5 Å². The van der Waals surface area contributed by atoms with Crippen LogP contribution in [0.2, 0.25) is 0 Å². The summed E-state index contributed by atoms with van der Waals surface area (Å²) in [5.41, 5.74) is -2.49. The fourth-order valence-corrected chi connectivity index (χ4v) is 3.56. The Bertz CT molecular complexity index is 1420. The highest BCUT2D eigenvalue weighted by atomic mass is 19.4. The average Bonchev–Trinajstić information content (AvgIpc) is 2.78. The number of alkyl halides is 4. The van der Waals surface area contributed by atoms with Crippen molar-refractivity contribution in [2.24, 2.45) is 0 Å². The normalized spacial score (nSPS) is 12.5. The predicted octanol–water partition coefficient (Wildman–Crippen LogP) is 4.54. The van der Waals surface area contributed by atoms with E-state index in [1.807, 2.05) is 0 Å². The van der Waals surface area contributed by atoms with E-state index in [9.17, 15) is 22.8 Å². The van der Waals surface area contributed by atoms with Gasteiger partial charge in [-0.25, -0.2) is 9.37 Å². The molecule has 0 aliphatic rings. The van der Waals surface area contributed by atoms with E-state index in [-0.39, 0.29) is 29.1 Å². The highest BCUT2D eigenvalue weighted by molar-refractivity contribution is 5.93. The maximum Gasteiger partial charge on any atom is 0.434 e. The first-order valence-corrected chi connectivity index (χ1v) is 10.1. The molecule has 0 saturated heterocycles. The molecular weight excluding hydrogens is 454 g/mol. The smallest absolute Gasteiger partial charge is 0.324 e. The number of nitrogens with zero attached hydrogens (tertiary/aromatic N) is 4. The van der Waals surface area contributed by atoms with Gasteiger partial charge in [-0.2, -0.15) is 13.2 Å². The fraction of sp³-hybridized carbons (Fsp3) is 0.174. The Morgan fingerprint density at radius 2 is 1.79 bits per heavy atom. The maximum absolute atomic E-state index is 15.7. The topological polar surface area (TPSA) is 89.8 Å². The van der Waals surface area contributed by atoms with Gasteiger partial charge in [-0.1, -0.05) is 30.3 Å². The molecule has 1 atom stereocenters. The molecule has 0 fully saturated rings. The first kappa shape index (κ1) is 23.0. The minimum absolute atomic E-state index is 0.0715. The van der Waals surface area contributed by atoms with Crippen molar-refractivity contribution >= 4 is 22.5 Å². The Hall–Kier alpha value is -4.15. The van der Waals surface area contributed by atoms with Crippen molar-refractivity contribution in [3.63, 3.8) is 0 Å². The molecule has 0 aliphatic carbocycles. The van der Waals surface area contributed by atoms with Gasteiger partial charge in [0.25, 0.3) is 5.56 Å². The van der Waals surface area contributed by atoms with Gasteiger partial charge in [-0.3, -0.25) is 24.1 Å². The van der Waals surface area contributed by atoms with E-state index in [4.69, 9.17) is 0 Å². The molecule has 7 nitrogen and oxygen atoms in total. The van der Waals surface area contributed by atoms with Crippen LogP contribution in [0.4, 0.5) is 23.2 Å². The van der Waals surface area contributed by atoms with Gasteiger partial charge in [0.2, 0.25) is 5.91 Å². The summed E-state index contributed by atoms with van der Waals surface area (Å²) in [6, 6.07) is 12.4. The van der Waals surface area contributed by atoms with E-state index < -0.39 is 35.0 Å². The number of rotatable bonds is 5. The van der Waals surface area contributed by atoms with Crippen LogP contribution in [0.25, 0.3) is 22.4 Å². The van der Waals surface area contributed by atoms with Crippen LogP contribution in [-0.4, -0.2) is 25.4 Å². The standard InChI is InChI=1S/C23H17F4N5O2/c1-13(33)30-16-8-5-10-28-19(16)21-31-15-9-11-29-20(23(25,26)27)18(15)22(34)32(21)17(24)12-14-6-3-2-4-7-14/h2-11,17H,12H2,1H3,(H,30,33). The second-order valence-electron chi connectivity index (χ2n) is 7.37. The van der Waals surface area contributed by atoms with Crippen molar-refractivity contribution in [1.29, 1.82) is 0 Å². The van der Waals surface area contributed by atoms with Crippen LogP contribution in [0.1, 0.15) is 24.5 Å². The molecule has 0 radical (unpaired) electrons. The molecule has 0 aliphatic heterocycles. The van der Waals surface area contributed by atoms with E-state index >= 15 is 4.39 Å². The molecule has 3 heterocycles. The van der Waals surface area contributed by atoms with Crippen LogP contribution in [0, 0.1) is 0 Å². The highest BCUT2D eigenvalue weighted by Crippen LogP contribution is 2.33. The van der Waals surface area contributed by atoms with Crippen LogP contribution in [0.5, 0.6) is 0 Å². The van der Waals surface area contributed by atoms with Gasteiger partial charge in [0.05, 0.1) is 16.6 Å². The second kappa shape index (κ2) is 9.00. The number of nitrogens with one attached hydrogen (secondary N) is 1. The predicted molar refractivity (Wildman–Crippen MR) is 117 cm³/mol. The van der Waals surface area contributed by atoms with E-state index in [1.54, 1.807) is 30.3 Å². The summed E-state index contributed by atoms with van der Waals surface area (Å²) in [6.07, 6.45) is -5.16. The Kier molecular flexibility index (Phi) is 6.10. The summed E-state index contributed by atoms with van der Waals surface area (Å²) in [5.74, 6) is -0.793. The molecule has 1 amide bonds. The summed E-state index contributed by atoms with van der Waals surface area (Å²) in [6.45, 7) is 1.24. The molecule has 1 unspecified atom stereocenters. The first-order valence-electron chi connectivity index (χ1n) is 10.1. The van der Waals surface area contributed by atoms with Crippen LogP contribution in [-0.2, 0) is 17.4 Å². The molecule has 4 rings (SSSR count). The summed E-state index contributed by atoms with van der Waals surface area (Å²) in [4.78, 5) is 36.7. The molecule has 11 heteroatoms. The molecule has 1 N–H and O–H groups in total. The number of halogens is 4. The van der Waals surface area contributed by atoms with E-state index in [0.29, 0.717) is 10.1 Å². The lowest BCUT2D eigenvalue weighted by atomic mass is 10.1. The number of anilines is 1. The summed E-state index contributed by atoms with van der Waals surface area (Å²) < 4.78 is 57.1. The largest absolute Gasteiger partial charge is 0.434 e. The van der Waals surface area contributed by atoms with Crippen molar-refractivity contribution in [2.75, 3.05) is 5.32 Å². The zero-order chi connectivity index (χ0) is 24.5. The molecule has 34 heavy (non-hydrogen) atoms. The minimum atomic E-state index is -4.96. The number of pyridine rings is 2. The molecule has 4 aromatic rings. The molecule has 0 bridgehead atoms. The number of hydrogen-bond acceptors (Lipinski definition) is 5. The highest BCUT2D eigenvalue weighted by Gasteiger charge is 2.37. The molecule has 1 aromatic carbocycles. The summed E-state index contributed by atoms with van der Waals surface area (Å²) >= 11 is 0. The quantitative estimate of drug-likeness (QED) is 0.432. The van der Waals surface area contributed by atoms with E-state index in [0.717, 1.165) is 12.3 Å². The maximum atomic E-state index is 15.7. The zero-order valence-electron chi connectivity index (χ0n) is 17.7. The number of amides is 1. The number of carbonyl (C=O) groups is 1. The van der Waals surface area contributed by atoms with Gasteiger partial charge in [0, 0.05) is 25.7 Å². The fourth-order valence-electron chi connectivity index (χ4n) is 3.56. The monoisotopic (exact) mass is 471 g/mol. The van der Waals surface area contributed by atoms with E-state index in [1.165, 1.54) is 25.3 Å². The van der Waals surface area contributed by atoms with Gasteiger partial charge in [0.15, 0.2) is 17.8 Å². The van der Waals surface area contributed by atoms with Crippen LogP contribution in [0.15, 0.2) is 65.7 Å². The number of carbonyl (C=O) groups excluding carboxylic acids is 1. The summed E-state index contributed by atoms with van der Waals surface area (Å²) in [7, 11) is 0. The van der Waals surface area contributed by atoms with Crippen molar-refractivity contribution in [1.82, 2.24) is 19.5 Å².